The zero-order valence-corrected chi connectivity index (χ0v) is 14.0. The number of nitrogens with one attached hydrogen (secondary N) is 1. The predicted molar refractivity (Wildman–Crippen MR) is 85.3 cm³/mol. The van der Waals surface area contributed by atoms with Crippen molar-refractivity contribution in [2.75, 3.05) is 6.54 Å². The first kappa shape index (κ1) is 16.5. The molecule has 0 fully saturated rings. The molecule has 0 saturated carbocycles. The van der Waals surface area contributed by atoms with Gasteiger partial charge in [-0.1, -0.05) is 23.7 Å². The molecule has 7 heteroatoms. The van der Waals surface area contributed by atoms with E-state index in [2.05, 4.69) is 4.72 Å². The fourth-order valence-electron chi connectivity index (χ4n) is 1.73. The van der Waals surface area contributed by atoms with Crippen molar-refractivity contribution < 1.29 is 13.5 Å². The Balaban J connectivity index is 2.16. The molecule has 2 rings (SSSR count). The lowest BCUT2D eigenvalue weighted by Gasteiger charge is -2.22. The van der Waals surface area contributed by atoms with Crippen LogP contribution in [0.25, 0.3) is 0 Å². The summed E-state index contributed by atoms with van der Waals surface area (Å²) in [4.78, 5) is 0.784. The molecular formula is C14H16ClNO3S2. The second-order valence-corrected chi connectivity index (χ2v) is 8.11. The first-order valence-electron chi connectivity index (χ1n) is 6.24. The Labute approximate surface area is 133 Å². The molecule has 2 aromatic rings. The second-order valence-electron chi connectivity index (χ2n) is 4.99. The molecule has 0 radical (unpaired) electrons. The fraction of sp³-hybridized carbons (Fsp3) is 0.286. The molecule has 0 bridgehead atoms. The molecule has 1 heterocycles. The number of thiophene rings is 1. The van der Waals surface area contributed by atoms with Gasteiger partial charge in [-0.3, -0.25) is 0 Å². The topological polar surface area (TPSA) is 66.4 Å². The minimum absolute atomic E-state index is 0.0834. The maximum atomic E-state index is 12.2. The van der Waals surface area contributed by atoms with Crippen LogP contribution in [0.5, 0.6) is 0 Å². The van der Waals surface area contributed by atoms with Crippen molar-refractivity contribution in [3.63, 3.8) is 0 Å². The molecule has 0 saturated heterocycles. The highest BCUT2D eigenvalue weighted by atomic mass is 35.5. The molecule has 0 aliphatic heterocycles. The number of benzene rings is 1. The van der Waals surface area contributed by atoms with Gasteiger partial charge < -0.3 is 5.11 Å². The minimum Gasteiger partial charge on any atom is -0.383 e. The molecule has 1 atom stereocenters. The van der Waals surface area contributed by atoms with E-state index in [1.807, 2.05) is 11.4 Å². The Bertz CT molecular complexity index is 725. The molecule has 114 valence electrons. The van der Waals surface area contributed by atoms with Crippen LogP contribution in [0.15, 0.2) is 40.6 Å². The summed E-state index contributed by atoms with van der Waals surface area (Å²) in [6.45, 7) is 3.26. The summed E-state index contributed by atoms with van der Waals surface area (Å²) in [5.74, 6) is 0. The van der Waals surface area contributed by atoms with Crippen molar-refractivity contribution in [3.8, 4) is 0 Å². The number of hydrogen-bond donors (Lipinski definition) is 2. The van der Waals surface area contributed by atoms with E-state index in [9.17, 15) is 13.5 Å². The molecule has 0 aliphatic rings. The van der Waals surface area contributed by atoms with Crippen molar-refractivity contribution >= 4 is 33.0 Å². The van der Waals surface area contributed by atoms with Gasteiger partial charge in [-0.15, -0.1) is 11.3 Å². The lowest BCUT2D eigenvalue weighted by atomic mass is 10.1. The Morgan fingerprint density at radius 3 is 2.67 bits per heavy atom. The number of rotatable bonds is 5. The molecule has 21 heavy (non-hydrogen) atoms. The van der Waals surface area contributed by atoms with Crippen molar-refractivity contribution in [2.24, 2.45) is 0 Å². The summed E-state index contributed by atoms with van der Waals surface area (Å²) in [5.41, 5.74) is -0.448. The monoisotopic (exact) mass is 345 g/mol. The standard InChI is InChI=1S/C14H16ClNO3S2/c1-10-5-6-11(8-12(10)15)21(18,19)16-9-14(2,17)13-4-3-7-20-13/h3-8,16-17H,9H2,1-2H3. The summed E-state index contributed by atoms with van der Waals surface area (Å²) in [7, 11) is -3.71. The molecule has 1 aromatic heterocycles. The smallest absolute Gasteiger partial charge is 0.240 e. The average molecular weight is 346 g/mol. The molecule has 0 spiro atoms. The Morgan fingerprint density at radius 2 is 2.10 bits per heavy atom. The quantitative estimate of drug-likeness (QED) is 0.875. The average Bonchev–Trinajstić information content (AvgIpc) is 2.94. The van der Waals surface area contributed by atoms with E-state index >= 15 is 0 Å². The lowest BCUT2D eigenvalue weighted by molar-refractivity contribution is 0.0666. The van der Waals surface area contributed by atoms with E-state index in [0.29, 0.717) is 9.90 Å². The van der Waals surface area contributed by atoms with Crippen molar-refractivity contribution in [2.45, 2.75) is 24.3 Å². The highest BCUT2D eigenvalue weighted by Crippen LogP contribution is 2.25. The van der Waals surface area contributed by atoms with Gasteiger partial charge in [0, 0.05) is 16.4 Å². The van der Waals surface area contributed by atoms with Gasteiger partial charge in [0.05, 0.1) is 4.90 Å². The van der Waals surface area contributed by atoms with Gasteiger partial charge in [-0.2, -0.15) is 0 Å². The fourth-order valence-corrected chi connectivity index (χ4v) is 3.92. The van der Waals surface area contributed by atoms with Gasteiger partial charge in [0.25, 0.3) is 0 Å². The molecule has 0 amide bonds. The number of sulfonamides is 1. The number of aryl methyl sites for hydroxylation is 1. The van der Waals surface area contributed by atoms with Crippen molar-refractivity contribution in [1.29, 1.82) is 0 Å². The minimum atomic E-state index is -3.71. The van der Waals surface area contributed by atoms with Crippen LogP contribution < -0.4 is 4.72 Å². The van der Waals surface area contributed by atoms with Crippen LogP contribution in [-0.2, 0) is 15.6 Å². The third-order valence-electron chi connectivity index (χ3n) is 3.11. The summed E-state index contributed by atoms with van der Waals surface area (Å²) >= 11 is 7.33. The molecule has 2 N–H and O–H groups in total. The summed E-state index contributed by atoms with van der Waals surface area (Å²) < 4.78 is 26.9. The van der Waals surface area contributed by atoms with Gasteiger partial charge in [0.15, 0.2) is 0 Å². The summed E-state index contributed by atoms with van der Waals surface area (Å²) in [6, 6.07) is 8.11. The zero-order valence-electron chi connectivity index (χ0n) is 11.6. The Morgan fingerprint density at radius 1 is 1.38 bits per heavy atom. The van der Waals surface area contributed by atoms with Gasteiger partial charge in [0.2, 0.25) is 10.0 Å². The normalized spacial score (nSPS) is 14.9. The van der Waals surface area contributed by atoms with Crippen LogP contribution in [0, 0.1) is 6.92 Å². The van der Waals surface area contributed by atoms with E-state index < -0.39 is 15.6 Å². The van der Waals surface area contributed by atoms with Gasteiger partial charge >= 0.3 is 0 Å². The van der Waals surface area contributed by atoms with E-state index in [1.165, 1.54) is 23.5 Å². The number of halogens is 1. The number of aliphatic hydroxyl groups is 1. The van der Waals surface area contributed by atoms with Crippen LogP contribution in [0.4, 0.5) is 0 Å². The van der Waals surface area contributed by atoms with Gasteiger partial charge in [-0.25, -0.2) is 13.1 Å². The maximum absolute atomic E-state index is 12.2. The largest absolute Gasteiger partial charge is 0.383 e. The van der Waals surface area contributed by atoms with Crippen molar-refractivity contribution in [1.82, 2.24) is 4.72 Å². The predicted octanol–water partition coefficient (Wildman–Crippen LogP) is 2.90. The van der Waals surface area contributed by atoms with Crippen LogP contribution in [0.1, 0.15) is 17.4 Å². The Hall–Kier alpha value is -0.920. The van der Waals surface area contributed by atoms with E-state index in [1.54, 1.807) is 26.0 Å². The number of hydrogen-bond acceptors (Lipinski definition) is 4. The van der Waals surface area contributed by atoms with E-state index in [0.717, 1.165) is 5.56 Å². The second kappa shape index (κ2) is 6.06. The molecular weight excluding hydrogens is 330 g/mol. The lowest BCUT2D eigenvalue weighted by Crippen LogP contribution is -2.38. The first-order chi connectivity index (χ1) is 9.72. The molecule has 1 aromatic carbocycles. The van der Waals surface area contributed by atoms with Gasteiger partial charge in [-0.05, 0) is 43.0 Å². The van der Waals surface area contributed by atoms with Crippen LogP contribution in [0.2, 0.25) is 5.02 Å². The van der Waals surface area contributed by atoms with Crippen LogP contribution in [-0.4, -0.2) is 20.1 Å². The van der Waals surface area contributed by atoms with Crippen molar-refractivity contribution in [3.05, 3.63) is 51.2 Å². The summed E-state index contributed by atoms with van der Waals surface area (Å²) in [5, 5.41) is 12.6. The third kappa shape index (κ3) is 3.84. The van der Waals surface area contributed by atoms with E-state index in [4.69, 9.17) is 11.6 Å². The highest BCUT2D eigenvalue weighted by molar-refractivity contribution is 7.89. The van der Waals surface area contributed by atoms with Crippen LogP contribution >= 0.6 is 22.9 Å². The zero-order chi connectivity index (χ0) is 15.7. The summed E-state index contributed by atoms with van der Waals surface area (Å²) in [6.07, 6.45) is 0. The third-order valence-corrected chi connectivity index (χ3v) is 6.04. The highest BCUT2D eigenvalue weighted by Gasteiger charge is 2.27. The van der Waals surface area contributed by atoms with Crippen LogP contribution in [0.3, 0.4) is 0 Å². The Kier molecular flexibility index (Phi) is 4.75. The molecule has 1 unspecified atom stereocenters. The van der Waals surface area contributed by atoms with Gasteiger partial charge in [0.1, 0.15) is 5.60 Å². The maximum Gasteiger partial charge on any atom is 0.240 e. The SMILES string of the molecule is Cc1ccc(S(=O)(=O)NCC(C)(O)c2cccs2)cc1Cl. The molecule has 4 nitrogen and oxygen atoms in total. The first-order valence-corrected chi connectivity index (χ1v) is 8.99. The van der Waals surface area contributed by atoms with E-state index in [-0.39, 0.29) is 11.4 Å². The molecule has 0 aliphatic carbocycles.